The number of carbonyl (C=O) groups is 2. The molecule has 1 aliphatic carbocycles. The Morgan fingerprint density at radius 3 is 2.92 bits per heavy atom. The Morgan fingerprint density at radius 2 is 2.17 bits per heavy atom. The lowest BCUT2D eigenvalue weighted by Gasteiger charge is -2.24. The van der Waals surface area contributed by atoms with Gasteiger partial charge < -0.3 is 10.6 Å². The molecule has 0 unspecified atom stereocenters. The SMILES string of the molecule is O=C(CN1CCc2nc(NC(=O)C3CC3)sc2C1)Nc1nccs1. The van der Waals surface area contributed by atoms with E-state index in [4.69, 9.17) is 0 Å². The van der Waals surface area contributed by atoms with E-state index in [9.17, 15) is 9.59 Å². The molecule has 0 radical (unpaired) electrons. The van der Waals surface area contributed by atoms with Crippen LogP contribution in [0.3, 0.4) is 0 Å². The Hall–Kier alpha value is -1.84. The molecule has 4 rings (SSSR count). The third-order valence-electron chi connectivity index (χ3n) is 4.03. The minimum atomic E-state index is -0.0554. The molecule has 1 aliphatic heterocycles. The van der Waals surface area contributed by atoms with Crippen LogP contribution in [-0.2, 0) is 22.6 Å². The average molecular weight is 363 g/mol. The molecule has 2 aliphatic rings. The average Bonchev–Trinajstić information content (AvgIpc) is 3.15. The third kappa shape index (κ3) is 3.63. The van der Waals surface area contributed by atoms with Gasteiger partial charge in [-0.25, -0.2) is 9.97 Å². The predicted octanol–water partition coefficient (Wildman–Crippen LogP) is 1.94. The van der Waals surface area contributed by atoms with Gasteiger partial charge in [0.25, 0.3) is 0 Å². The van der Waals surface area contributed by atoms with Crippen LogP contribution in [0.2, 0.25) is 0 Å². The first-order valence-electron chi connectivity index (χ1n) is 7.88. The summed E-state index contributed by atoms with van der Waals surface area (Å²) in [5.41, 5.74) is 1.04. The fourth-order valence-electron chi connectivity index (χ4n) is 2.64. The Kier molecular flexibility index (Phi) is 4.30. The van der Waals surface area contributed by atoms with Crippen molar-refractivity contribution in [2.75, 3.05) is 23.7 Å². The van der Waals surface area contributed by atoms with Gasteiger partial charge in [0, 0.05) is 41.9 Å². The number of amides is 2. The molecular formula is C15H17N5O2S2. The summed E-state index contributed by atoms with van der Waals surface area (Å²) < 4.78 is 0. The fourth-order valence-corrected chi connectivity index (χ4v) is 4.24. The van der Waals surface area contributed by atoms with E-state index >= 15 is 0 Å². The highest BCUT2D eigenvalue weighted by molar-refractivity contribution is 7.15. The largest absolute Gasteiger partial charge is 0.302 e. The molecule has 0 aromatic carbocycles. The van der Waals surface area contributed by atoms with Crippen molar-refractivity contribution in [3.63, 3.8) is 0 Å². The number of anilines is 2. The first-order chi connectivity index (χ1) is 11.7. The van der Waals surface area contributed by atoms with Crippen molar-refractivity contribution >= 4 is 44.8 Å². The van der Waals surface area contributed by atoms with Gasteiger partial charge in [0.05, 0.1) is 12.2 Å². The number of carbonyl (C=O) groups excluding carboxylic acids is 2. The summed E-state index contributed by atoms with van der Waals surface area (Å²) in [5.74, 6) is 0.206. The highest BCUT2D eigenvalue weighted by Gasteiger charge is 2.31. The summed E-state index contributed by atoms with van der Waals surface area (Å²) in [5, 5.41) is 8.85. The van der Waals surface area contributed by atoms with Crippen LogP contribution in [0.5, 0.6) is 0 Å². The monoisotopic (exact) mass is 363 g/mol. The van der Waals surface area contributed by atoms with Gasteiger partial charge in [-0.05, 0) is 12.8 Å². The number of rotatable bonds is 5. The molecule has 24 heavy (non-hydrogen) atoms. The summed E-state index contributed by atoms with van der Waals surface area (Å²) in [6, 6.07) is 0. The minimum Gasteiger partial charge on any atom is -0.302 e. The summed E-state index contributed by atoms with van der Waals surface area (Å²) in [7, 11) is 0. The molecule has 126 valence electrons. The lowest BCUT2D eigenvalue weighted by molar-refractivity contribution is -0.118. The van der Waals surface area contributed by atoms with Gasteiger partial charge in [-0.15, -0.1) is 22.7 Å². The lowest BCUT2D eigenvalue weighted by Crippen LogP contribution is -2.36. The van der Waals surface area contributed by atoms with E-state index < -0.39 is 0 Å². The number of fused-ring (bicyclic) bond motifs is 1. The second-order valence-corrected chi connectivity index (χ2v) is 7.98. The highest BCUT2D eigenvalue weighted by Crippen LogP contribution is 2.32. The molecule has 9 heteroatoms. The standard InChI is InChI=1S/C15H17N5O2S2/c21-12(18-14-16-4-6-23-14)8-20-5-3-10-11(7-20)24-15(17-10)19-13(22)9-1-2-9/h4,6,9H,1-3,5,7-8H2,(H,16,18,21)(H,17,19,22). The van der Waals surface area contributed by atoms with E-state index in [1.54, 1.807) is 6.20 Å². The smallest absolute Gasteiger partial charge is 0.240 e. The maximum atomic E-state index is 12.1. The van der Waals surface area contributed by atoms with Crippen LogP contribution in [0.4, 0.5) is 10.3 Å². The molecule has 2 aromatic rings. The van der Waals surface area contributed by atoms with Crippen molar-refractivity contribution < 1.29 is 9.59 Å². The van der Waals surface area contributed by atoms with E-state index in [1.807, 2.05) is 5.38 Å². The van der Waals surface area contributed by atoms with Gasteiger partial charge in [0.15, 0.2) is 10.3 Å². The Balaban J connectivity index is 1.34. The summed E-state index contributed by atoms with van der Waals surface area (Å²) in [6.45, 7) is 1.82. The number of hydrogen-bond donors (Lipinski definition) is 2. The van der Waals surface area contributed by atoms with Crippen LogP contribution < -0.4 is 10.6 Å². The van der Waals surface area contributed by atoms with Crippen molar-refractivity contribution in [3.8, 4) is 0 Å². The highest BCUT2D eigenvalue weighted by atomic mass is 32.1. The Labute approximate surface area is 147 Å². The summed E-state index contributed by atoms with van der Waals surface area (Å²) in [6.07, 6.45) is 4.44. The minimum absolute atomic E-state index is 0.0554. The van der Waals surface area contributed by atoms with E-state index in [2.05, 4.69) is 25.5 Å². The normalized spacial score (nSPS) is 17.3. The lowest BCUT2D eigenvalue weighted by atomic mass is 10.2. The van der Waals surface area contributed by atoms with Crippen LogP contribution in [0.15, 0.2) is 11.6 Å². The number of nitrogens with one attached hydrogen (secondary N) is 2. The zero-order valence-electron chi connectivity index (χ0n) is 12.9. The summed E-state index contributed by atoms with van der Waals surface area (Å²) >= 11 is 2.93. The first kappa shape index (κ1) is 15.7. The topological polar surface area (TPSA) is 87.2 Å². The van der Waals surface area contributed by atoms with E-state index in [1.165, 1.54) is 22.7 Å². The van der Waals surface area contributed by atoms with Crippen molar-refractivity contribution in [1.82, 2.24) is 14.9 Å². The zero-order valence-corrected chi connectivity index (χ0v) is 14.6. The van der Waals surface area contributed by atoms with Crippen LogP contribution in [0.25, 0.3) is 0 Å². The van der Waals surface area contributed by atoms with Crippen molar-refractivity contribution in [1.29, 1.82) is 0 Å². The van der Waals surface area contributed by atoms with Crippen LogP contribution in [0.1, 0.15) is 23.4 Å². The van der Waals surface area contributed by atoms with Gasteiger partial charge in [-0.1, -0.05) is 0 Å². The molecule has 1 fully saturated rings. The van der Waals surface area contributed by atoms with Gasteiger partial charge >= 0.3 is 0 Å². The van der Waals surface area contributed by atoms with Crippen LogP contribution in [-0.4, -0.2) is 39.8 Å². The number of aromatic nitrogens is 2. The van der Waals surface area contributed by atoms with Crippen molar-refractivity contribution in [3.05, 3.63) is 22.1 Å². The molecule has 1 saturated carbocycles. The molecule has 0 atom stereocenters. The van der Waals surface area contributed by atoms with Crippen LogP contribution in [0, 0.1) is 5.92 Å². The van der Waals surface area contributed by atoms with Gasteiger partial charge in [0.1, 0.15) is 0 Å². The second kappa shape index (κ2) is 6.58. The Bertz CT molecular complexity index is 754. The number of nitrogens with zero attached hydrogens (tertiary/aromatic N) is 3. The van der Waals surface area contributed by atoms with E-state index in [0.29, 0.717) is 23.4 Å². The first-order valence-corrected chi connectivity index (χ1v) is 9.58. The maximum absolute atomic E-state index is 12.1. The van der Waals surface area contributed by atoms with E-state index in [0.717, 1.165) is 36.4 Å². The zero-order chi connectivity index (χ0) is 16.5. The molecule has 3 heterocycles. The molecule has 2 aromatic heterocycles. The molecular weight excluding hydrogens is 346 g/mol. The molecule has 0 bridgehead atoms. The maximum Gasteiger partial charge on any atom is 0.240 e. The van der Waals surface area contributed by atoms with Crippen molar-refractivity contribution in [2.24, 2.45) is 5.92 Å². The quantitative estimate of drug-likeness (QED) is 0.848. The molecule has 2 N–H and O–H groups in total. The van der Waals surface area contributed by atoms with Gasteiger partial charge in [-0.2, -0.15) is 0 Å². The molecule has 0 saturated heterocycles. The molecule has 7 nitrogen and oxygen atoms in total. The van der Waals surface area contributed by atoms with Gasteiger partial charge in [0.2, 0.25) is 11.8 Å². The second-order valence-electron chi connectivity index (χ2n) is 6.00. The summed E-state index contributed by atoms with van der Waals surface area (Å²) in [4.78, 5) is 35.7. The number of thiazole rings is 2. The third-order valence-corrected chi connectivity index (χ3v) is 5.72. The van der Waals surface area contributed by atoms with E-state index in [-0.39, 0.29) is 17.7 Å². The van der Waals surface area contributed by atoms with Crippen LogP contribution >= 0.6 is 22.7 Å². The molecule has 2 amide bonds. The predicted molar refractivity (Wildman–Crippen MR) is 93.2 cm³/mol. The van der Waals surface area contributed by atoms with Crippen molar-refractivity contribution in [2.45, 2.75) is 25.8 Å². The fraction of sp³-hybridized carbons (Fsp3) is 0.467. The Morgan fingerprint density at radius 1 is 1.29 bits per heavy atom. The van der Waals surface area contributed by atoms with Gasteiger partial charge in [-0.3, -0.25) is 14.5 Å². The number of hydrogen-bond acceptors (Lipinski definition) is 7. The molecule has 0 spiro atoms.